The highest BCUT2D eigenvalue weighted by Gasteiger charge is 2.37. The summed E-state index contributed by atoms with van der Waals surface area (Å²) < 4.78 is 37.8. The van der Waals surface area contributed by atoms with E-state index in [2.05, 4.69) is 0 Å². The minimum Gasteiger partial charge on any atom is -0.310 e. The number of halogens is 3. The Morgan fingerprint density at radius 1 is 1.00 bits per heavy atom. The fraction of sp³-hybridized carbons (Fsp3) is 0.176. The third-order valence-electron chi connectivity index (χ3n) is 4.01. The number of nitro benzene ring substituents is 1. The van der Waals surface area contributed by atoms with Crippen molar-refractivity contribution in [1.82, 2.24) is 4.90 Å². The molecular weight excluding hydrogens is 367 g/mol. The third-order valence-corrected chi connectivity index (χ3v) is 4.01. The summed E-state index contributed by atoms with van der Waals surface area (Å²) in [7, 11) is 0. The number of carbonyl (C=O) groups excluding carboxylic acids is 2. The molecule has 1 fully saturated rings. The van der Waals surface area contributed by atoms with E-state index < -0.39 is 28.6 Å². The number of benzene rings is 2. The standard InChI is InChI=1S/C17H12F3N3O4/c18-17(19,20)12-3-1-11(2-4-12)9-21-10-15(24)22(16(21)25)13-5-7-14(8-6-13)23(26)27/h1-8H,9-10H2. The zero-order chi connectivity index (χ0) is 19.8. The molecular formula is C17H12F3N3O4. The maximum absolute atomic E-state index is 12.6. The Kier molecular flexibility index (Phi) is 4.56. The Hall–Kier alpha value is -3.43. The first-order valence-electron chi connectivity index (χ1n) is 7.69. The van der Waals surface area contributed by atoms with Crippen molar-refractivity contribution in [2.75, 3.05) is 11.4 Å². The number of imide groups is 1. The number of anilines is 1. The first-order chi connectivity index (χ1) is 12.7. The molecule has 2 aromatic rings. The number of hydrogen-bond acceptors (Lipinski definition) is 4. The van der Waals surface area contributed by atoms with E-state index in [1.165, 1.54) is 41.3 Å². The fourth-order valence-corrected chi connectivity index (χ4v) is 2.67. The van der Waals surface area contributed by atoms with Crippen LogP contribution in [0.25, 0.3) is 0 Å². The van der Waals surface area contributed by atoms with Crippen LogP contribution in [-0.4, -0.2) is 28.3 Å². The zero-order valence-corrected chi connectivity index (χ0v) is 13.6. The molecule has 7 nitrogen and oxygen atoms in total. The minimum absolute atomic E-state index is 0.0355. The lowest BCUT2D eigenvalue weighted by molar-refractivity contribution is -0.384. The molecule has 1 saturated heterocycles. The first kappa shape index (κ1) is 18.4. The average Bonchev–Trinajstić information content (AvgIpc) is 2.88. The van der Waals surface area contributed by atoms with Crippen molar-refractivity contribution in [2.24, 2.45) is 0 Å². The number of hydrogen-bond donors (Lipinski definition) is 0. The number of alkyl halides is 3. The first-order valence-corrected chi connectivity index (χ1v) is 7.69. The molecule has 0 bridgehead atoms. The molecule has 1 heterocycles. The van der Waals surface area contributed by atoms with Crippen LogP contribution in [0.3, 0.4) is 0 Å². The van der Waals surface area contributed by atoms with Crippen LogP contribution in [0.5, 0.6) is 0 Å². The van der Waals surface area contributed by atoms with Gasteiger partial charge in [0.1, 0.15) is 6.54 Å². The van der Waals surface area contributed by atoms with Gasteiger partial charge in [0.2, 0.25) is 0 Å². The van der Waals surface area contributed by atoms with Gasteiger partial charge in [-0.25, -0.2) is 9.69 Å². The van der Waals surface area contributed by atoms with E-state index in [1.54, 1.807) is 0 Å². The minimum atomic E-state index is -4.45. The number of non-ortho nitro benzene ring substituents is 1. The van der Waals surface area contributed by atoms with E-state index in [9.17, 15) is 32.9 Å². The van der Waals surface area contributed by atoms with Gasteiger partial charge in [0.25, 0.3) is 11.6 Å². The highest BCUT2D eigenvalue weighted by molar-refractivity contribution is 6.19. The Balaban J connectivity index is 1.75. The molecule has 0 saturated carbocycles. The summed E-state index contributed by atoms with van der Waals surface area (Å²) in [5.41, 5.74) is -0.359. The molecule has 10 heteroatoms. The Labute approximate surface area is 150 Å². The van der Waals surface area contributed by atoms with Crippen LogP contribution in [0.1, 0.15) is 11.1 Å². The number of urea groups is 1. The number of amides is 3. The van der Waals surface area contributed by atoms with Gasteiger partial charge in [-0.05, 0) is 29.8 Å². The molecule has 0 N–H and O–H groups in total. The zero-order valence-electron chi connectivity index (χ0n) is 13.6. The topological polar surface area (TPSA) is 83.8 Å². The van der Waals surface area contributed by atoms with Crippen LogP contribution in [0.15, 0.2) is 48.5 Å². The fourth-order valence-electron chi connectivity index (χ4n) is 2.67. The van der Waals surface area contributed by atoms with Crippen LogP contribution in [0, 0.1) is 10.1 Å². The van der Waals surface area contributed by atoms with Crippen LogP contribution < -0.4 is 4.90 Å². The van der Waals surface area contributed by atoms with Crippen LogP contribution in [0.2, 0.25) is 0 Å². The number of carbonyl (C=O) groups is 2. The largest absolute Gasteiger partial charge is 0.416 e. The maximum Gasteiger partial charge on any atom is 0.416 e. The number of nitrogens with zero attached hydrogens (tertiary/aromatic N) is 3. The van der Waals surface area contributed by atoms with Crippen molar-refractivity contribution in [3.8, 4) is 0 Å². The van der Waals surface area contributed by atoms with Crippen LogP contribution in [-0.2, 0) is 17.5 Å². The van der Waals surface area contributed by atoms with Gasteiger partial charge in [0.05, 0.1) is 16.2 Å². The van der Waals surface area contributed by atoms with Crippen molar-refractivity contribution < 1.29 is 27.7 Å². The summed E-state index contributed by atoms with van der Waals surface area (Å²) in [5, 5.41) is 10.7. The molecule has 0 aliphatic carbocycles. The van der Waals surface area contributed by atoms with Crippen molar-refractivity contribution >= 4 is 23.3 Å². The second kappa shape index (κ2) is 6.71. The normalized spacial score (nSPS) is 14.8. The summed E-state index contributed by atoms with van der Waals surface area (Å²) in [6.07, 6.45) is -4.45. The van der Waals surface area contributed by atoms with Crippen molar-refractivity contribution in [1.29, 1.82) is 0 Å². The Morgan fingerprint density at radius 3 is 2.11 bits per heavy atom. The summed E-state index contributed by atoms with van der Waals surface area (Å²) in [6, 6.07) is 8.59. The van der Waals surface area contributed by atoms with E-state index >= 15 is 0 Å². The Bertz CT molecular complexity index is 895. The van der Waals surface area contributed by atoms with Gasteiger partial charge in [-0.3, -0.25) is 14.9 Å². The van der Waals surface area contributed by atoms with Crippen molar-refractivity contribution in [3.63, 3.8) is 0 Å². The lowest BCUT2D eigenvalue weighted by atomic mass is 10.1. The van der Waals surface area contributed by atoms with Gasteiger partial charge in [0, 0.05) is 18.7 Å². The maximum atomic E-state index is 12.6. The second-order valence-electron chi connectivity index (χ2n) is 5.84. The second-order valence-corrected chi connectivity index (χ2v) is 5.84. The third kappa shape index (κ3) is 3.73. The van der Waals surface area contributed by atoms with Gasteiger partial charge in [-0.15, -0.1) is 0 Å². The average molecular weight is 379 g/mol. The van der Waals surface area contributed by atoms with E-state index in [0.717, 1.165) is 17.0 Å². The van der Waals surface area contributed by atoms with Gasteiger partial charge in [0.15, 0.2) is 0 Å². The lowest BCUT2D eigenvalue weighted by Gasteiger charge is -2.17. The van der Waals surface area contributed by atoms with E-state index in [-0.39, 0.29) is 24.5 Å². The molecule has 3 rings (SSSR count). The highest BCUT2D eigenvalue weighted by Crippen LogP contribution is 2.30. The van der Waals surface area contributed by atoms with E-state index in [1.807, 2.05) is 0 Å². The number of rotatable bonds is 4. The molecule has 0 unspecified atom stereocenters. The Morgan fingerprint density at radius 2 is 1.59 bits per heavy atom. The van der Waals surface area contributed by atoms with Gasteiger partial charge >= 0.3 is 12.2 Å². The molecule has 2 aromatic carbocycles. The molecule has 0 atom stereocenters. The molecule has 1 aliphatic heterocycles. The monoisotopic (exact) mass is 379 g/mol. The van der Waals surface area contributed by atoms with Crippen molar-refractivity contribution in [2.45, 2.75) is 12.7 Å². The highest BCUT2D eigenvalue weighted by atomic mass is 19.4. The quantitative estimate of drug-likeness (QED) is 0.462. The smallest absolute Gasteiger partial charge is 0.310 e. The molecule has 0 aromatic heterocycles. The summed E-state index contributed by atoms with van der Waals surface area (Å²) in [5.74, 6) is -0.527. The van der Waals surface area contributed by atoms with E-state index in [0.29, 0.717) is 5.56 Å². The molecule has 27 heavy (non-hydrogen) atoms. The molecule has 140 valence electrons. The molecule has 0 spiro atoms. The van der Waals surface area contributed by atoms with Crippen molar-refractivity contribution in [3.05, 3.63) is 69.8 Å². The summed E-state index contributed by atoms with van der Waals surface area (Å²) in [4.78, 5) is 36.8. The van der Waals surface area contributed by atoms with E-state index in [4.69, 9.17) is 0 Å². The molecule has 1 aliphatic rings. The van der Waals surface area contributed by atoms with Crippen LogP contribution >= 0.6 is 0 Å². The SMILES string of the molecule is O=C1CN(Cc2ccc(C(F)(F)F)cc2)C(=O)N1c1ccc([N+](=O)[O-])cc1. The molecule has 0 radical (unpaired) electrons. The van der Waals surface area contributed by atoms with Crippen LogP contribution in [0.4, 0.5) is 29.3 Å². The van der Waals surface area contributed by atoms with Gasteiger partial charge in [-0.1, -0.05) is 12.1 Å². The van der Waals surface area contributed by atoms with Gasteiger partial charge in [-0.2, -0.15) is 13.2 Å². The summed E-state index contributed by atoms with van der Waals surface area (Å²) in [6.45, 7) is -0.275. The molecule has 3 amide bonds. The van der Waals surface area contributed by atoms with Gasteiger partial charge < -0.3 is 4.90 Å². The summed E-state index contributed by atoms with van der Waals surface area (Å²) >= 11 is 0. The predicted molar refractivity (Wildman–Crippen MR) is 87.8 cm³/mol. The lowest BCUT2D eigenvalue weighted by Crippen LogP contribution is -2.32. The number of nitro groups is 1. The predicted octanol–water partition coefficient (Wildman–Crippen LogP) is 3.58.